The summed E-state index contributed by atoms with van der Waals surface area (Å²) >= 11 is 0. The van der Waals surface area contributed by atoms with Crippen molar-refractivity contribution in [2.75, 3.05) is 31.9 Å². The smallest absolute Gasteiger partial charge is 0.261 e. The van der Waals surface area contributed by atoms with Crippen molar-refractivity contribution >= 4 is 21.6 Å². The molecule has 0 aromatic heterocycles. The van der Waals surface area contributed by atoms with Gasteiger partial charge >= 0.3 is 0 Å². The standard InChI is InChI=1S/C18H23N3O3S/c1-19-12-7-13-21(2)18(22)15-8-6-9-16(14-15)20-25(23,24)17-10-4-3-5-11-17/h3-6,8-11,14,19-20H,7,12-13H2,1-2H3. The predicted octanol–water partition coefficient (Wildman–Crippen LogP) is 2.17. The van der Waals surface area contributed by atoms with Crippen LogP contribution >= 0.6 is 0 Å². The van der Waals surface area contributed by atoms with Gasteiger partial charge in [0.2, 0.25) is 0 Å². The number of nitrogens with one attached hydrogen (secondary N) is 2. The summed E-state index contributed by atoms with van der Waals surface area (Å²) in [7, 11) is -0.0766. The second-order valence-corrected chi connectivity index (χ2v) is 7.37. The van der Waals surface area contributed by atoms with Gasteiger partial charge in [-0.05, 0) is 50.3 Å². The van der Waals surface area contributed by atoms with Gasteiger partial charge in [-0.25, -0.2) is 8.42 Å². The van der Waals surface area contributed by atoms with Gasteiger partial charge < -0.3 is 10.2 Å². The fraction of sp³-hybridized carbons (Fsp3) is 0.278. The summed E-state index contributed by atoms with van der Waals surface area (Å²) in [5, 5.41) is 3.04. The zero-order valence-electron chi connectivity index (χ0n) is 14.4. The van der Waals surface area contributed by atoms with E-state index in [4.69, 9.17) is 0 Å². The van der Waals surface area contributed by atoms with Crippen LogP contribution in [0.5, 0.6) is 0 Å². The summed E-state index contributed by atoms with van der Waals surface area (Å²) in [6.45, 7) is 1.45. The minimum Gasteiger partial charge on any atom is -0.342 e. The summed E-state index contributed by atoms with van der Waals surface area (Å²) in [6.07, 6.45) is 0.846. The van der Waals surface area contributed by atoms with Crippen LogP contribution in [0.15, 0.2) is 59.5 Å². The third-order valence-corrected chi connectivity index (χ3v) is 5.08. The first-order valence-corrected chi connectivity index (χ1v) is 9.50. The molecule has 0 saturated carbocycles. The molecule has 6 nitrogen and oxygen atoms in total. The van der Waals surface area contributed by atoms with Crippen molar-refractivity contribution in [2.24, 2.45) is 0 Å². The van der Waals surface area contributed by atoms with Crippen LogP contribution in [-0.2, 0) is 10.0 Å². The van der Waals surface area contributed by atoms with Gasteiger partial charge in [-0.1, -0.05) is 24.3 Å². The lowest BCUT2D eigenvalue weighted by atomic mass is 10.2. The van der Waals surface area contributed by atoms with E-state index in [2.05, 4.69) is 10.0 Å². The van der Waals surface area contributed by atoms with E-state index in [0.717, 1.165) is 13.0 Å². The average molecular weight is 361 g/mol. The Morgan fingerprint density at radius 3 is 2.48 bits per heavy atom. The molecule has 1 amide bonds. The van der Waals surface area contributed by atoms with Crippen molar-refractivity contribution in [1.29, 1.82) is 0 Å². The zero-order valence-corrected chi connectivity index (χ0v) is 15.2. The summed E-state index contributed by atoms with van der Waals surface area (Å²) in [5.74, 6) is -0.142. The Balaban J connectivity index is 2.12. The van der Waals surface area contributed by atoms with E-state index in [1.807, 2.05) is 7.05 Å². The number of anilines is 1. The van der Waals surface area contributed by atoms with E-state index in [1.54, 1.807) is 54.4 Å². The van der Waals surface area contributed by atoms with E-state index in [-0.39, 0.29) is 10.8 Å². The number of benzene rings is 2. The monoisotopic (exact) mass is 361 g/mol. The Morgan fingerprint density at radius 1 is 1.08 bits per heavy atom. The van der Waals surface area contributed by atoms with Gasteiger partial charge in [-0.2, -0.15) is 0 Å². The number of hydrogen-bond donors (Lipinski definition) is 2. The predicted molar refractivity (Wildman–Crippen MR) is 99.2 cm³/mol. The normalized spacial score (nSPS) is 11.1. The number of carbonyl (C=O) groups excluding carboxylic acids is 1. The first-order valence-electron chi connectivity index (χ1n) is 8.02. The molecule has 2 N–H and O–H groups in total. The van der Waals surface area contributed by atoms with Crippen LogP contribution in [0.4, 0.5) is 5.69 Å². The van der Waals surface area contributed by atoms with Gasteiger partial charge in [0.05, 0.1) is 4.90 Å². The van der Waals surface area contributed by atoms with Crippen LogP contribution in [0.25, 0.3) is 0 Å². The molecule has 134 valence electrons. The van der Waals surface area contributed by atoms with Gasteiger partial charge in [0.1, 0.15) is 0 Å². The average Bonchev–Trinajstić information content (AvgIpc) is 2.62. The molecule has 0 bridgehead atoms. The van der Waals surface area contributed by atoms with Crippen LogP contribution in [-0.4, -0.2) is 46.4 Å². The lowest BCUT2D eigenvalue weighted by molar-refractivity contribution is 0.0794. The van der Waals surface area contributed by atoms with Crippen LogP contribution < -0.4 is 10.0 Å². The highest BCUT2D eigenvalue weighted by atomic mass is 32.2. The first-order chi connectivity index (χ1) is 11.9. The molecule has 0 saturated heterocycles. The number of sulfonamides is 1. The Labute approximate surface area is 148 Å². The maximum absolute atomic E-state index is 12.5. The molecule has 7 heteroatoms. The van der Waals surface area contributed by atoms with Crippen molar-refractivity contribution in [3.8, 4) is 0 Å². The summed E-state index contributed by atoms with van der Waals surface area (Å²) in [4.78, 5) is 14.3. The molecular weight excluding hydrogens is 338 g/mol. The van der Waals surface area contributed by atoms with Gasteiger partial charge in [-0.15, -0.1) is 0 Å². The number of carbonyl (C=O) groups is 1. The topological polar surface area (TPSA) is 78.5 Å². The molecule has 0 radical (unpaired) electrons. The van der Waals surface area contributed by atoms with Crippen molar-refractivity contribution in [2.45, 2.75) is 11.3 Å². The largest absolute Gasteiger partial charge is 0.342 e. The van der Waals surface area contributed by atoms with Crippen LogP contribution in [0.2, 0.25) is 0 Å². The maximum atomic E-state index is 12.5. The molecule has 0 aliphatic carbocycles. The van der Waals surface area contributed by atoms with E-state index in [9.17, 15) is 13.2 Å². The van der Waals surface area contributed by atoms with Gasteiger partial charge in [0.25, 0.3) is 15.9 Å². The lowest BCUT2D eigenvalue weighted by Crippen LogP contribution is -2.29. The van der Waals surface area contributed by atoms with Crippen molar-refractivity contribution < 1.29 is 13.2 Å². The van der Waals surface area contributed by atoms with E-state index >= 15 is 0 Å². The molecule has 0 heterocycles. The van der Waals surface area contributed by atoms with Gasteiger partial charge in [-0.3, -0.25) is 9.52 Å². The highest BCUT2D eigenvalue weighted by molar-refractivity contribution is 7.92. The molecule has 0 aliphatic rings. The Morgan fingerprint density at radius 2 is 1.80 bits per heavy atom. The Bertz CT molecular complexity index is 807. The minimum atomic E-state index is -3.68. The molecule has 2 aromatic carbocycles. The van der Waals surface area contributed by atoms with Crippen LogP contribution in [0, 0.1) is 0 Å². The zero-order chi connectivity index (χ0) is 18.3. The summed E-state index contributed by atoms with van der Waals surface area (Å²) < 4.78 is 27.3. The van der Waals surface area contributed by atoms with Crippen molar-refractivity contribution in [3.63, 3.8) is 0 Å². The van der Waals surface area contributed by atoms with E-state index in [1.165, 1.54) is 12.1 Å². The third kappa shape index (κ3) is 5.30. The fourth-order valence-electron chi connectivity index (χ4n) is 2.34. The molecule has 0 fully saturated rings. The summed E-state index contributed by atoms with van der Waals surface area (Å²) in [6, 6.07) is 14.6. The molecule has 0 unspecified atom stereocenters. The van der Waals surface area contributed by atoms with Gasteiger partial charge in [0, 0.05) is 24.8 Å². The fourth-order valence-corrected chi connectivity index (χ4v) is 3.41. The van der Waals surface area contributed by atoms with E-state index < -0.39 is 10.0 Å². The SMILES string of the molecule is CNCCCN(C)C(=O)c1cccc(NS(=O)(=O)c2ccccc2)c1. The number of amides is 1. The van der Waals surface area contributed by atoms with Crippen LogP contribution in [0.1, 0.15) is 16.8 Å². The summed E-state index contributed by atoms with van der Waals surface area (Å²) in [5.41, 5.74) is 0.804. The number of hydrogen-bond acceptors (Lipinski definition) is 4. The number of nitrogens with zero attached hydrogens (tertiary/aromatic N) is 1. The highest BCUT2D eigenvalue weighted by Gasteiger charge is 2.16. The molecule has 0 atom stereocenters. The second-order valence-electron chi connectivity index (χ2n) is 5.68. The molecular formula is C18H23N3O3S. The van der Waals surface area contributed by atoms with Crippen molar-refractivity contribution in [1.82, 2.24) is 10.2 Å². The maximum Gasteiger partial charge on any atom is 0.261 e. The second kappa shape index (κ2) is 8.64. The molecule has 2 aromatic rings. The molecule has 25 heavy (non-hydrogen) atoms. The Kier molecular flexibility index (Phi) is 6.55. The van der Waals surface area contributed by atoms with Gasteiger partial charge in [0.15, 0.2) is 0 Å². The van der Waals surface area contributed by atoms with Crippen LogP contribution in [0.3, 0.4) is 0 Å². The number of rotatable bonds is 8. The van der Waals surface area contributed by atoms with E-state index in [0.29, 0.717) is 17.8 Å². The first kappa shape index (κ1) is 19.0. The minimum absolute atomic E-state index is 0.142. The Hall–Kier alpha value is -2.38. The molecule has 0 aliphatic heterocycles. The lowest BCUT2D eigenvalue weighted by Gasteiger charge is -2.17. The quantitative estimate of drug-likeness (QED) is 0.707. The highest BCUT2D eigenvalue weighted by Crippen LogP contribution is 2.17. The third-order valence-electron chi connectivity index (χ3n) is 3.68. The molecule has 2 rings (SSSR count). The van der Waals surface area contributed by atoms with Crippen molar-refractivity contribution in [3.05, 3.63) is 60.2 Å². The molecule has 0 spiro atoms.